The predicted octanol–water partition coefficient (Wildman–Crippen LogP) is 2.92. The fraction of sp³-hybridized carbons (Fsp3) is 0.400. The molecule has 0 heterocycles. The zero-order chi connectivity index (χ0) is 9.14. The van der Waals surface area contributed by atoms with Crippen LogP contribution in [0.5, 0.6) is 0 Å². The smallest absolute Gasteiger partial charge is 0.0408 e. The van der Waals surface area contributed by atoms with E-state index in [-0.39, 0.29) is 6.04 Å². The Kier molecular flexibility index (Phi) is 3.12. The van der Waals surface area contributed by atoms with Crippen molar-refractivity contribution in [1.29, 1.82) is 0 Å². The second kappa shape index (κ2) is 3.92. The van der Waals surface area contributed by atoms with E-state index in [9.17, 15) is 0 Å². The molecule has 0 saturated carbocycles. The van der Waals surface area contributed by atoms with Crippen molar-refractivity contribution in [1.82, 2.24) is 0 Å². The number of nitrogens with two attached hydrogens (primary N) is 1. The average Bonchev–Trinajstić information content (AvgIpc) is 2.03. The molecular formula is C10H14ClN. The first-order valence-electron chi connectivity index (χ1n) is 4.19. The summed E-state index contributed by atoms with van der Waals surface area (Å²) in [6, 6.07) is 5.98. The van der Waals surface area contributed by atoms with Crippen LogP contribution >= 0.6 is 11.6 Å². The summed E-state index contributed by atoms with van der Waals surface area (Å²) < 4.78 is 0. The van der Waals surface area contributed by atoms with Crippen molar-refractivity contribution in [3.63, 3.8) is 0 Å². The maximum Gasteiger partial charge on any atom is 0.0408 e. The van der Waals surface area contributed by atoms with Crippen LogP contribution in [-0.2, 0) is 6.42 Å². The minimum atomic E-state index is 0.0946. The van der Waals surface area contributed by atoms with Gasteiger partial charge >= 0.3 is 0 Å². The zero-order valence-electron chi connectivity index (χ0n) is 7.47. The van der Waals surface area contributed by atoms with Crippen LogP contribution in [0.4, 0.5) is 0 Å². The minimum absolute atomic E-state index is 0.0946. The molecule has 1 atom stereocenters. The Morgan fingerprint density at radius 2 is 2.17 bits per heavy atom. The van der Waals surface area contributed by atoms with Crippen LogP contribution in [0.25, 0.3) is 0 Å². The molecule has 12 heavy (non-hydrogen) atoms. The van der Waals surface area contributed by atoms with Gasteiger partial charge in [-0.1, -0.05) is 24.6 Å². The number of hydrogen-bond acceptors (Lipinski definition) is 1. The quantitative estimate of drug-likeness (QED) is 0.750. The number of rotatable bonds is 2. The lowest BCUT2D eigenvalue weighted by molar-refractivity contribution is 0.801. The van der Waals surface area contributed by atoms with Gasteiger partial charge in [0.05, 0.1) is 0 Å². The normalized spacial score (nSPS) is 13.0. The molecule has 1 aromatic carbocycles. The first-order chi connectivity index (χ1) is 5.65. The van der Waals surface area contributed by atoms with E-state index in [1.165, 1.54) is 11.1 Å². The van der Waals surface area contributed by atoms with Gasteiger partial charge in [0.15, 0.2) is 0 Å². The number of halogens is 1. The van der Waals surface area contributed by atoms with Crippen LogP contribution in [-0.4, -0.2) is 0 Å². The fourth-order valence-electron chi connectivity index (χ4n) is 1.32. The Labute approximate surface area is 78.5 Å². The van der Waals surface area contributed by atoms with Gasteiger partial charge in [0.25, 0.3) is 0 Å². The molecule has 1 rings (SSSR count). The van der Waals surface area contributed by atoms with Gasteiger partial charge in [-0.3, -0.25) is 0 Å². The fourth-order valence-corrected chi connectivity index (χ4v) is 1.52. The molecule has 0 bridgehead atoms. The Morgan fingerprint density at radius 1 is 1.50 bits per heavy atom. The topological polar surface area (TPSA) is 26.0 Å². The number of benzene rings is 1. The summed E-state index contributed by atoms with van der Waals surface area (Å²) in [5, 5.41) is 0.788. The number of aryl methyl sites for hydroxylation is 1. The largest absolute Gasteiger partial charge is 0.324 e. The monoisotopic (exact) mass is 183 g/mol. The third kappa shape index (κ3) is 1.99. The Balaban J connectivity index is 3.11. The van der Waals surface area contributed by atoms with Crippen molar-refractivity contribution in [2.45, 2.75) is 26.3 Å². The van der Waals surface area contributed by atoms with Crippen LogP contribution in [0.1, 0.15) is 31.0 Å². The van der Waals surface area contributed by atoms with E-state index >= 15 is 0 Å². The molecule has 0 saturated heterocycles. The first-order valence-corrected chi connectivity index (χ1v) is 4.56. The van der Waals surface area contributed by atoms with E-state index in [4.69, 9.17) is 17.3 Å². The van der Waals surface area contributed by atoms with Gasteiger partial charge < -0.3 is 5.73 Å². The highest BCUT2D eigenvalue weighted by molar-refractivity contribution is 6.30. The maximum absolute atomic E-state index is 5.86. The van der Waals surface area contributed by atoms with E-state index in [2.05, 4.69) is 6.92 Å². The Morgan fingerprint density at radius 3 is 2.67 bits per heavy atom. The second-order valence-corrected chi connectivity index (χ2v) is 3.42. The van der Waals surface area contributed by atoms with Gasteiger partial charge in [0.1, 0.15) is 0 Å². The van der Waals surface area contributed by atoms with Crippen molar-refractivity contribution < 1.29 is 0 Å². The molecule has 0 fully saturated rings. The third-order valence-electron chi connectivity index (χ3n) is 1.98. The van der Waals surface area contributed by atoms with Crippen LogP contribution in [0.2, 0.25) is 5.02 Å². The Bertz CT molecular complexity index is 269. The van der Waals surface area contributed by atoms with Crippen molar-refractivity contribution in [2.24, 2.45) is 5.73 Å². The lowest BCUT2D eigenvalue weighted by atomic mass is 10.0. The molecule has 0 aliphatic rings. The van der Waals surface area contributed by atoms with Crippen LogP contribution in [0.3, 0.4) is 0 Å². The van der Waals surface area contributed by atoms with Crippen molar-refractivity contribution in [2.75, 3.05) is 0 Å². The van der Waals surface area contributed by atoms with Gasteiger partial charge in [0.2, 0.25) is 0 Å². The molecule has 2 heteroatoms. The highest BCUT2D eigenvalue weighted by Crippen LogP contribution is 2.20. The molecular weight excluding hydrogens is 170 g/mol. The molecule has 2 N–H and O–H groups in total. The van der Waals surface area contributed by atoms with Gasteiger partial charge in [-0.25, -0.2) is 0 Å². The summed E-state index contributed by atoms with van der Waals surface area (Å²) in [5.41, 5.74) is 8.24. The SMILES string of the molecule is CCc1cc(Cl)ccc1C(C)N. The molecule has 1 unspecified atom stereocenters. The van der Waals surface area contributed by atoms with E-state index < -0.39 is 0 Å². The first kappa shape index (κ1) is 9.56. The summed E-state index contributed by atoms with van der Waals surface area (Å²) in [5.74, 6) is 0. The molecule has 0 amide bonds. The predicted molar refractivity (Wildman–Crippen MR) is 53.4 cm³/mol. The van der Waals surface area contributed by atoms with Crippen molar-refractivity contribution >= 4 is 11.6 Å². The molecule has 1 aromatic rings. The van der Waals surface area contributed by atoms with Gasteiger partial charge in [-0.15, -0.1) is 0 Å². The van der Waals surface area contributed by atoms with Crippen LogP contribution in [0.15, 0.2) is 18.2 Å². The molecule has 66 valence electrons. The summed E-state index contributed by atoms with van der Waals surface area (Å²) in [7, 11) is 0. The second-order valence-electron chi connectivity index (χ2n) is 2.99. The van der Waals surface area contributed by atoms with Crippen LogP contribution < -0.4 is 5.73 Å². The lowest BCUT2D eigenvalue weighted by Gasteiger charge is -2.11. The maximum atomic E-state index is 5.86. The van der Waals surface area contributed by atoms with E-state index in [1.807, 2.05) is 25.1 Å². The van der Waals surface area contributed by atoms with Crippen molar-refractivity contribution in [3.05, 3.63) is 34.3 Å². The van der Waals surface area contributed by atoms with E-state index in [0.29, 0.717) is 0 Å². The number of hydrogen-bond donors (Lipinski definition) is 1. The van der Waals surface area contributed by atoms with E-state index in [1.54, 1.807) is 0 Å². The minimum Gasteiger partial charge on any atom is -0.324 e. The molecule has 0 aromatic heterocycles. The summed E-state index contributed by atoms with van der Waals surface area (Å²) in [6.45, 7) is 4.10. The lowest BCUT2D eigenvalue weighted by Crippen LogP contribution is -2.07. The summed E-state index contributed by atoms with van der Waals surface area (Å²) in [4.78, 5) is 0. The van der Waals surface area contributed by atoms with Gasteiger partial charge in [0, 0.05) is 11.1 Å². The molecule has 0 aliphatic heterocycles. The molecule has 0 aliphatic carbocycles. The molecule has 0 radical (unpaired) electrons. The highest BCUT2D eigenvalue weighted by Gasteiger charge is 2.04. The van der Waals surface area contributed by atoms with Crippen LogP contribution in [0, 0.1) is 0 Å². The average molecular weight is 184 g/mol. The Hall–Kier alpha value is -0.530. The van der Waals surface area contributed by atoms with Gasteiger partial charge in [-0.2, -0.15) is 0 Å². The zero-order valence-corrected chi connectivity index (χ0v) is 8.23. The van der Waals surface area contributed by atoms with Crippen molar-refractivity contribution in [3.8, 4) is 0 Å². The highest BCUT2D eigenvalue weighted by atomic mass is 35.5. The van der Waals surface area contributed by atoms with Gasteiger partial charge in [-0.05, 0) is 36.6 Å². The summed E-state index contributed by atoms with van der Waals surface area (Å²) >= 11 is 5.86. The third-order valence-corrected chi connectivity index (χ3v) is 2.21. The summed E-state index contributed by atoms with van der Waals surface area (Å²) in [6.07, 6.45) is 0.984. The molecule has 0 spiro atoms. The molecule has 1 nitrogen and oxygen atoms in total. The standard InChI is InChI=1S/C10H14ClN/c1-3-8-6-9(11)4-5-10(8)7(2)12/h4-7H,3,12H2,1-2H3. The van der Waals surface area contributed by atoms with E-state index in [0.717, 1.165) is 11.4 Å².